The summed E-state index contributed by atoms with van der Waals surface area (Å²) in [5.41, 5.74) is 4.54. The molecule has 0 radical (unpaired) electrons. The minimum absolute atomic E-state index is 0.119. The number of rotatable bonds is 5. The van der Waals surface area contributed by atoms with Crippen molar-refractivity contribution in [2.24, 2.45) is 0 Å². The fraction of sp³-hybridized carbons (Fsp3) is 0.200. The smallest absolute Gasteiger partial charge is 0.319 e. The van der Waals surface area contributed by atoms with E-state index in [2.05, 4.69) is 10.6 Å². The molecule has 0 saturated carbocycles. The Balaban J connectivity index is 1.55. The van der Waals surface area contributed by atoms with Crippen LogP contribution in [0.3, 0.4) is 0 Å². The van der Waals surface area contributed by atoms with E-state index in [1.165, 1.54) is 0 Å². The van der Waals surface area contributed by atoms with Crippen molar-refractivity contribution in [2.75, 3.05) is 16.8 Å². The van der Waals surface area contributed by atoms with Gasteiger partial charge in [-0.2, -0.15) is 0 Å². The predicted molar refractivity (Wildman–Crippen MR) is 125 cm³/mol. The van der Waals surface area contributed by atoms with Crippen LogP contribution in [-0.4, -0.2) is 24.5 Å². The summed E-state index contributed by atoms with van der Waals surface area (Å²) in [6.07, 6.45) is 1.22. The van der Waals surface area contributed by atoms with Gasteiger partial charge in [-0.05, 0) is 48.2 Å². The number of urea groups is 1. The Bertz CT molecular complexity index is 1100. The first-order valence-corrected chi connectivity index (χ1v) is 10.7. The van der Waals surface area contributed by atoms with E-state index in [-0.39, 0.29) is 5.91 Å². The lowest BCUT2D eigenvalue weighted by molar-refractivity contribution is -0.120. The molecule has 3 amide bonds. The van der Waals surface area contributed by atoms with Gasteiger partial charge in [0.1, 0.15) is 6.04 Å². The van der Waals surface area contributed by atoms with E-state index >= 15 is 0 Å². The molecule has 3 aromatic rings. The molecule has 0 bridgehead atoms. The quantitative estimate of drug-likeness (QED) is 0.596. The van der Waals surface area contributed by atoms with Crippen LogP contribution >= 0.6 is 11.6 Å². The van der Waals surface area contributed by atoms with Gasteiger partial charge < -0.3 is 15.5 Å². The van der Waals surface area contributed by atoms with Crippen LogP contribution in [0.15, 0.2) is 72.8 Å². The molecular formula is C25H24ClN3O2. The maximum atomic E-state index is 13.5. The molecule has 2 N–H and O–H groups in total. The van der Waals surface area contributed by atoms with Gasteiger partial charge in [-0.25, -0.2) is 4.79 Å². The lowest BCUT2D eigenvalue weighted by Gasteiger charge is -2.25. The number of amides is 3. The minimum Gasteiger partial charge on any atom is -0.326 e. The van der Waals surface area contributed by atoms with E-state index in [0.29, 0.717) is 23.7 Å². The van der Waals surface area contributed by atoms with Crippen molar-refractivity contribution in [1.29, 1.82) is 0 Å². The number of nitrogens with one attached hydrogen (secondary N) is 2. The number of anilines is 2. The molecule has 0 aromatic heterocycles. The lowest BCUT2D eigenvalue weighted by atomic mass is 10.0. The number of aryl methyl sites for hydroxylation is 1. The molecule has 0 fully saturated rings. The summed E-state index contributed by atoms with van der Waals surface area (Å²) in [6, 6.07) is 21.8. The average Bonchev–Trinajstić information content (AvgIpc) is 3.20. The Morgan fingerprint density at radius 3 is 2.58 bits per heavy atom. The molecule has 3 aromatic carbocycles. The molecule has 6 heteroatoms. The Hall–Kier alpha value is -3.31. The highest BCUT2D eigenvalue weighted by molar-refractivity contribution is 6.31. The van der Waals surface area contributed by atoms with E-state index in [0.717, 1.165) is 28.8 Å². The molecule has 31 heavy (non-hydrogen) atoms. The first-order chi connectivity index (χ1) is 15.0. The van der Waals surface area contributed by atoms with Crippen LogP contribution in [-0.2, 0) is 17.6 Å². The van der Waals surface area contributed by atoms with Gasteiger partial charge in [-0.3, -0.25) is 4.79 Å². The van der Waals surface area contributed by atoms with Crippen molar-refractivity contribution in [3.8, 4) is 0 Å². The van der Waals surface area contributed by atoms with Gasteiger partial charge in [0.05, 0.1) is 0 Å². The van der Waals surface area contributed by atoms with Gasteiger partial charge in [0.15, 0.2) is 0 Å². The third-order valence-electron chi connectivity index (χ3n) is 5.49. The fourth-order valence-electron chi connectivity index (χ4n) is 3.85. The lowest BCUT2D eigenvalue weighted by Crippen LogP contribution is -2.50. The zero-order chi connectivity index (χ0) is 21.8. The van der Waals surface area contributed by atoms with Gasteiger partial charge in [0, 0.05) is 29.4 Å². The van der Waals surface area contributed by atoms with Gasteiger partial charge in [0.25, 0.3) is 0 Å². The van der Waals surface area contributed by atoms with Crippen LogP contribution in [0.25, 0.3) is 0 Å². The zero-order valence-electron chi connectivity index (χ0n) is 17.3. The monoisotopic (exact) mass is 433 g/mol. The van der Waals surface area contributed by atoms with Crippen LogP contribution in [0.4, 0.5) is 16.2 Å². The average molecular weight is 434 g/mol. The zero-order valence-corrected chi connectivity index (χ0v) is 18.0. The number of carbonyl (C=O) groups excluding carboxylic acids is 2. The molecule has 158 valence electrons. The molecule has 0 aliphatic carbocycles. The van der Waals surface area contributed by atoms with E-state index in [1.807, 2.05) is 67.6 Å². The number of hydrogen-bond donors (Lipinski definition) is 2. The number of hydrogen-bond acceptors (Lipinski definition) is 2. The summed E-state index contributed by atoms with van der Waals surface area (Å²) in [5, 5.41) is 6.24. The Kier molecular flexibility index (Phi) is 6.23. The summed E-state index contributed by atoms with van der Waals surface area (Å²) in [7, 11) is 0. The number of nitrogens with zero attached hydrogens (tertiary/aromatic N) is 1. The SMILES string of the molecule is Cc1ccc(Cl)cc1NC(=O)NC(Cc1ccccc1)C(=O)N1CCc2ccccc21. The highest BCUT2D eigenvalue weighted by Gasteiger charge is 2.31. The maximum Gasteiger partial charge on any atom is 0.319 e. The molecule has 1 heterocycles. The van der Waals surface area contributed by atoms with Crippen molar-refractivity contribution in [1.82, 2.24) is 5.32 Å². The Morgan fingerprint density at radius 1 is 1.03 bits per heavy atom. The van der Waals surface area contributed by atoms with E-state index in [4.69, 9.17) is 11.6 Å². The molecule has 1 aliphatic rings. The van der Waals surface area contributed by atoms with Crippen LogP contribution < -0.4 is 15.5 Å². The van der Waals surface area contributed by atoms with Crippen molar-refractivity contribution in [2.45, 2.75) is 25.8 Å². The summed E-state index contributed by atoms with van der Waals surface area (Å²) < 4.78 is 0. The predicted octanol–water partition coefficient (Wildman–Crippen LogP) is 4.97. The topological polar surface area (TPSA) is 61.4 Å². The van der Waals surface area contributed by atoms with E-state index in [1.54, 1.807) is 17.0 Å². The Labute approximate surface area is 187 Å². The summed E-state index contributed by atoms with van der Waals surface area (Å²) in [4.78, 5) is 28.1. The molecular weight excluding hydrogens is 410 g/mol. The standard InChI is InChI=1S/C25H24ClN3O2/c1-17-11-12-20(26)16-21(17)27-25(31)28-22(15-18-7-3-2-4-8-18)24(30)29-14-13-19-9-5-6-10-23(19)29/h2-12,16,22H,13-15H2,1H3,(H2,27,28,31). The van der Waals surface area contributed by atoms with Crippen LogP contribution in [0.5, 0.6) is 0 Å². The summed E-state index contributed by atoms with van der Waals surface area (Å²) in [5.74, 6) is -0.119. The molecule has 1 unspecified atom stereocenters. The largest absolute Gasteiger partial charge is 0.326 e. The van der Waals surface area contributed by atoms with Crippen molar-refractivity contribution in [3.63, 3.8) is 0 Å². The second-order valence-corrected chi connectivity index (χ2v) is 8.11. The first-order valence-electron chi connectivity index (χ1n) is 10.3. The molecule has 0 saturated heterocycles. The third kappa shape index (κ3) is 4.89. The molecule has 1 atom stereocenters. The van der Waals surface area contributed by atoms with Crippen molar-refractivity contribution >= 4 is 34.9 Å². The summed E-state index contributed by atoms with van der Waals surface area (Å²) in [6.45, 7) is 2.50. The molecule has 0 spiro atoms. The van der Waals surface area contributed by atoms with Gasteiger partial charge >= 0.3 is 6.03 Å². The fourth-order valence-corrected chi connectivity index (χ4v) is 4.02. The second kappa shape index (κ2) is 9.23. The van der Waals surface area contributed by atoms with Crippen LogP contribution in [0, 0.1) is 6.92 Å². The van der Waals surface area contributed by atoms with E-state index in [9.17, 15) is 9.59 Å². The first kappa shape index (κ1) is 20.9. The van der Waals surface area contributed by atoms with Crippen LogP contribution in [0.1, 0.15) is 16.7 Å². The summed E-state index contributed by atoms with van der Waals surface area (Å²) >= 11 is 6.07. The molecule has 5 nitrogen and oxygen atoms in total. The third-order valence-corrected chi connectivity index (χ3v) is 5.72. The van der Waals surface area contributed by atoms with Gasteiger partial charge in [0.2, 0.25) is 5.91 Å². The van der Waals surface area contributed by atoms with Crippen LogP contribution in [0.2, 0.25) is 5.02 Å². The number of para-hydroxylation sites is 1. The number of fused-ring (bicyclic) bond motifs is 1. The number of halogens is 1. The minimum atomic E-state index is -0.701. The van der Waals surface area contributed by atoms with Gasteiger partial charge in [-0.1, -0.05) is 66.2 Å². The maximum absolute atomic E-state index is 13.5. The van der Waals surface area contributed by atoms with Crippen molar-refractivity contribution < 1.29 is 9.59 Å². The highest BCUT2D eigenvalue weighted by Crippen LogP contribution is 2.28. The van der Waals surface area contributed by atoms with Crippen molar-refractivity contribution in [3.05, 3.63) is 94.5 Å². The molecule has 4 rings (SSSR count). The van der Waals surface area contributed by atoms with E-state index < -0.39 is 12.1 Å². The molecule has 1 aliphatic heterocycles. The van der Waals surface area contributed by atoms with Gasteiger partial charge in [-0.15, -0.1) is 0 Å². The Morgan fingerprint density at radius 2 is 1.77 bits per heavy atom. The highest BCUT2D eigenvalue weighted by atomic mass is 35.5. The second-order valence-electron chi connectivity index (χ2n) is 7.67. The number of benzene rings is 3. The number of carbonyl (C=O) groups is 2. The normalized spacial score (nSPS) is 13.4.